The van der Waals surface area contributed by atoms with Crippen molar-refractivity contribution < 1.29 is 14.3 Å². The summed E-state index contributed by atoms with van der Waals surface area (Å²) in [5, 5.41) is 9.05. The van der Waals surface area contributed by atoms with Crippen LogP contribution in [0.3, 0.4) is 0 Å². The molecule has 2 fully saturated rings. The van der Waals surface area contributed by atoms with E-state index in [0.717, 1.165) is 18.4 Å². The first-order valence-electron chi connectivity index (χ1n) is 9.26. The number of ketones is 1. The number of Topliss-reactive ketones (excluding diaryl/α,β-unsaturated/α-hetero) is 1. The largest absolute Gasteiger partial charge is 0.444 e. The van der Waals surface area contributed by atoms with Crippen LogP contribution in [0.25, 0.3) is 0 Å². The summed E-state index contributed by atoms with van der Waals surface area (Å²) in [5.74, 6) is 0.0526. The quantitative estimate of drug-likeness (QED) is 0.745. The smallest absolute Gasteiger partial charge is 0.410 e. The Labute approximate surface area is 154 Å². The fraction of sp³-hybridized carbons (Fsp3) is 0.571. The molecule has 2 saturated heterocycles. The molecular formula is C21H26N2O3. The Morgan fingerprint density at radius 3 is 2.31 bits per heavy atom. The summed E-state index contributed by atoms with van der Waals surface area (Å²) in [6, 6.07) is 7.56. The molecule has 3 rings (SSSR count). The van der Waals surface area contributed by atoms with Gasteiger partial charge in [-0.15, -0.1) is 0 Å². The van der Waals surface area contributed by atoms with Crippen LogP contribution in [0.15, 0.2) is 18.2 Å². The highest BCUT2D eigenvalue weighted by Crippen LogP contribution is 2.40. The second-order valence-corrected chi connectivity index (χ2v) is 8.45. The minimum atomic E-state index is -0.511. The fourth-order valence-electron chi connectivity index (χ4n) is 4.18. The molecule has 2 unspecified atom stereocenters. The van der Waals surface area contributed by atoms with Gasteiger partial charge in [0.15, 0.2) is 5.78 Å². The molecule has 2 aliphatic rings. The SMILES string of the molecule is Cc1cc(C(=O)C2CC3CCC(C2)N3C(=O)OC(C)(C)C)ccc1C#N. The number of nitrogens with zero attached hydrogens (tertiary/aromatic N) is 2. The Bertz CT molecular complexity index is 758. The molecule has 2 bridgehead atoms. The summed E-state index contributed by atoms with van der Waals surface area (Å²) in [4.78, 5) is 27.3. The number of amides is 1. The predicted octanol–water partition coefficient (Wildman–Crippen LogP) is 4.23. The molecule has 26 heavy (non-hydrogen) atoms. The van der Waals surface area contributed by atoms with E-state index in [2.05, 4.69) is 6.07 Å². The maximum atomic E-state index is 13.0. The molecule has 1 aromatic rings. The molecule has 1 amide bonds. The Morgan fingerprint density at radius 1 is 1.19 bits per heavy atom. The van der Waals surface area contributed by atoms with Gasteiger partial charge in [-0.25, -0.2) is 4.79 Å². The maximum Gasteiger partial charge on any atom is 0.410 e. The van der Waals surface area contributed by atoms with Crippen molar-refractivity contribution in [1.82, 2.24) is 4.90 Å². The van der Waals surface area contributed by atoms with E-state index in [0.29, 0.717) is 24.0 Å². The molecule has 2 aliphatic heterocycles. The zero-order chi connectivity index (χ0) is 19.1. The summed E-state index contributed by atoms with van der Waals surface area (Å²) in [6.45, 7) is 7.47. The highest BCUT2D eigenvalue weighted by molar-refractivity contribution is 5.98. The maximum absolute atomic E-state index is 13.0. The van der Waals surface area contributed by atoms with Crippen molar-refractivity contribution in [3.63, 3.8) is 0 Å². The zero-order valence-corrected chi connectivity index (χ0v) is 15.9. The molecule has 0 radical (unpaired) electrons. The van der Waals surface area contributed by atoms with Gasteiger partial charge in [0.1, 0.15) is 5.60 Å². The van der Waals surface area contributed by atoms with E-state index in [1.54, 1.807) is 12.1 Å². The van der Waals surface area contributed by atoms with Crippen LogP contribution >= 0.6 is 0 Å². The Morgan fingerprint density at radius 2 is 1.81 bits per heavy atom. The summed E-state index contributed by atoms with van der Waals surface area (Å²) in [6.07, 6.45) is 2.98. The second kappa shape index (κ2) is 6.75. The molecule has 2 atom stereocenters. The third kappa shape index (κ3) is 3.60. The highest BCUT2D eigenvalue weighted by atomic mass is 16.6. The average Bonchev–Trinajstić information content (AvgIpc) is 2.83. The number of hydrogen-bond donors (Lipinski definition) is 0. The number of benzene rings is 1. The van der Waals surface area contributed by atoms with E-state index >= 15 is 0 Å². The molecule has 138 valence electrons. The standard InChI is InChI=1S/C21H26N2O3/c1-13-9-14(5-6-15(13)12-22)19(24)16-10-17-7-8-18(11-16)23(17)20(25)26-21(2,3)4/h5-6,9,16-18H,7-8,10-11H2,1-4H3. The van der Waals surface area contributed by atoms with Crippen molar-refractivity contribution in [1.29, 1.82) is 5.26 Å². The van der Waals surface area contributed by atoms with Gasteiger partial charge in [0.25, 0.3) is 0 Å². The molecule has 0 spiro atoms. The van der Waals surface area contributed by atoms with Gasteiger partial charge in [-0.2, -0.15) is 5.26 Å². The van der Waals surface area contributed by atoms with Gasteiger partial charge in [-0.3, -0.25) is 4.79 Å². The number of aryl methyl sites for hydroxylation is 1. The van der Waals surface area contributed by atoms with E-state index < -0.39 is 5.60 Å². The van der Waals surface area contributed by atoms with Crippen molar-refractivity contribution in [2.24, 2.45) is 5.92 Å². The lowest BCUT2D eigenvalue weighted by atomic mass is 9.84. The number of carbonyl (C=O) groups is 2. The van der Waals surface area contributed by atoms with Crippen LogP contribution in [0.2, 0.25) is 0 Å². The number of rotatable bonds is 2. The third-order valence-electron chi connectivity index (χ3n) is 5.34. The van der Waals surface area contributed by atoms with Crippen LogP contribution in [0.4, 0.5) is 4.79 Å². The van der Waals surface area contributed by atoms with Gasteiger partial charge in [0, 0.05) is 23.6 Å². The van der Waals surface area contributed by atoms with Gasteiger partial charge >= 0.3 is 6.09 Å². The van der Waals surface area contributed by atoms with Gasteiger partial charge < -0.3 is 9.64 Å². The van der Waals surface area contributed by atoms with Crippen molar-refractivity contribution in [2.45, 2.75) is 71.1 Å². The lowest BCUT2D eigenvalue weighted by molar-refractivity contribution is 0.00254. The van der Waals surface area contributed by atoms with E-state index in [1.807, 2.05) is 38.7 Å². The molecule has 0 saturated carbocycles. The van der Waals surface area contributed by atoms with E-state index in [9.17, 15) is 9.59 Å². The van der Waals surface area contributed by atoms with Crippen LogP contribution in [0, 0.1) is 24.2 Å². The van der Waals surface area contributed by atoms with Crippen LogP contribution in [0.5, 0.6) is 0 Å². The fourth-order valence-corrected chi connectivity index (χ4v) is 4.18. The minimum Gasteiger partial charge on any atom is -0.444 e. The number of nitriles is 1. The molecule has 5 nitrogen and oxygen atoms in total. The van der Waals surface area contributed by atoms with E-state index in [-0.39, 0.29) is 29.9 Å². The third-order valence-corrected chi connectivity index (χ3v) is 5.34. The number of hydrogen-bond acceptors (Lipinski definition) is 4. The minimum absolute atomic E-state index is 0.0708. The number of fused-ring (bicyclic) bond motifs is 2. The molecule has 1 aromatic carbocycles. The average molecular weight is 354 g/mol. The summed E-state index contributed by atoms with van der Waals surface area (Å²) in [7, 11) is 0. The van der Waals surface area contributed by atoms with Gasteiger partial charge in [0.2, 0.25) is 0 Å². The Kier molecular flexibility index (Phi) is 4.79. The van der Waals surface area contributed by atoms with Gasteiger partial charge in [-0.1, -0.05) is 6.07 Å². The lowest BCUT2D eigenvalue weighted by Gasteiger charge is -2.39. The Hall–Kier alpha value is -2.35. The van der Waals surface area contributed by atoms with Crippen LogP contribution in [-0.2, 0) is 4.74 Å². The van der Waals surface area contributed by atoms with Crippen molar-refractivity contribution in [3.8, 4) is 6.07 Å². The molecular weight excluding hydrogens is 328 g/mol. The highest BCUT2D eigenvalue weighted by Gasteiger charge is 2.46. The molecule has 0 N–H and O–H groups in total. The lowest BCUT2D eigenvalue weighted by Crippen LogP contribution is -2.49. The predicted molar refractivity (Wildman–Crippen MR) is 97.8 cm³/mol. The first-order valence-corrected chi connectivity index (χ1v) is 9.26. The first kappa shape index (κ1) is 18.4. The monoisotopic (exact) mass is 354 g/mol. The summed E-state index contributed by atoms with van der Waals surface area (Å²) >= 11 is 0. The first-order chi connectivity index (χ1) is 12.2. The summed E-state index contributed by atoms with van der Waals surface area (Å²) in [5.41, 5.74) is 1.58. The van der Waals surface area contributed by atoms with Crippen molar-refractivity contribution in [3.05, 3.63) is 34.9 Å². The molecule has 2 heterocycles. The zero-order valence-electron chi connectivity index (χ0n) is 15.9. The number of piperidine rings is 1. The number of ether oxygens (including phenoxy) is 1. The Balaban J connectivity index is 1.72. The molecule has 0 aromatic heterocycles. The van der Waals surface area contributed by atoms with Gasteiger partial charge in [-0.05, 0) is 71.1 Å². The number of carbonyl (C=O) groups excluding carboxylic acids is 2. The molecule has 5 heteroatoms. The van der Waals surface area contributed by atoms with E-state index in [1.165, 1.54) is 0 Å². The topological polar surface area (TPSA) is 70.4 Å². The van der Waals surface area contributed by atoms with Crippen LogP contribution in [0.1, 0.15) is 67.9 Å². The van der Waals surface area contributed by atoms with Crippen molar-refractivity contribution in [2.75, 3.05) is 0 Å². The molecule has 0 aliphatic carbocycles. The van der Waals surface area contributed by atoms with Crippen molar-refractivity contribution >= 4 is 11.9 Å². The van der Waals surface area contributed by atoms with Crippen LogP contribution in [-0.4, -0.2) is 34.5 Å². The summed E-state index contributed by atoms with van der Waals surface area (Å²) < 4.78 is 5.55. The van der Waals surface area contributed by atoms with Gasteiger partial charge in [0.05, 0.1) is 11.6 Å². The normalized spacial score (nSPS) is 24.9. The van der Waals surface area contributed by atoms with E-state index in [4.69, 9.17) is 10.00 Å². The second-order valence-electron chi connectivity index (χ2n) is 8.45. The van der Waals surface area contributed by atoms with Crippen LogP contribution < -0.4 is 0 Å².